The fraction of sp³-hybridized carbons (Fsp3) is 0.333. The predicted molar refractivity (Wildman–Crippen MR) is 78.2 cm³/mol. The molecule has 2 aromatic carbocycles. The highest BCUT2D eigenvalue weighted by Gasteiger charge is 2.47. The number of hydrogen-bond acceptors (Lipinski definition) is 2. The van der Waals surface area contributed by atoms with Crippen LogP contribution in [-0.2, 0) is 12.0 Å². The minimum atomic E-state index is 0.436. The Bertz CT molecular complexity index is 615. The molecule has 2 heteroatoms. The van der Waals surface area contributed by atoms with Gasteiger partial charge in [-0.25, -0.2) is 0 Å². The molecular weight excluding hydrogens is 248 g/mol. The second kappa shape index (κ2) is 4.55. The van der Waals surface area contributed by atoms with Gasteiger partial charge in [0.15, 0.2) is 0 Å². The maximum atomic E-state index is 5.87. The van der Waals surface area contributed by atoms with Gasteiger partial charge in [-0.05, 0) is 30.9 Å². The van der Waals surface area contributed by atoms with Gasteiger partial charge in [0.25, 0.3) is 0 Å². The summed E-state index contributed by atoms with van der Waals surface area (Å²) in [5, 5.41) is 0. The van der Waals surface area contributed by atoms with Crippen LogP contribution >= 0.6 is 0 Å². The van der Waals surface area contributed by atoms with Crippen LogP contribution in [0.3, 0.4) is 0 Å². The molecule has 1 aliphatic carbocycles. The number of hydrogen-bond donors (Lipinski definition) is 0. The summed E-state index contributed by atoms with van der Waals surface area (Å²) in [5.74, 6) is 1.92. The van der Waals surface area contributed by atoms with E-state index in [4.69, 9.17) is 9.47 Å². The van der Waals surface area contributed by atoms with Crippen LogP contribution in [0, 0.1) is 0 Å². The molecule has 0 radical (unpaired) electrons. The maximum absolute atomic E-state index is 5.87. The number of ether oxygens (including phenoxy) is 2. The van der Waals surface area contributed by atoms with Crippen molar-refractivity contribution in [2.75, 3.05) is 6.61 Å². The smallest absolute Gasteiger partial charge is 0.126 e. The highest BCUT2D eigenvalue weighted by Crippen LogP contribution is 2.56. The average molecular weight is 266 g/mol. The zero-order valence-corrected chi connectivity index (χ0v) is 11.5. The molecule has 102 valence electrons. The van der Waals surface area contributed by atoms with Gasteiger partial charge < -0.3 is 9.47 Å². The number of fused-ring (bicyclic) bond motifs is 2. The Balaban J connectivity index is 1.52. The summed E-state index contributed by atoms with van der Waals surface area (Å²) in [5.41, 5.74) is 3.01. The fourth-order valence-corrected chi connectivity index (χ4v) is 3.05. The molecule has 4 rings (SSSR count). The average Bonchev–Trinajstić information content (AvgIpc) is 3.27. The molecular formula is C18H18O2. The quantitative estimate of drug-likeness (QED) is 0.833. The summed E-state index contributed by atoms with van der Waals surface area (Å²) in [4.78, 5) is 0. The Kier molecular flexibility index (Phi) is 2.69. The Morgan fingerprint density at radius 1 is 1.00 bits per heavy atom. The topological polar surface area (TPSA) is 18.5 Å². The van der Waals surface area contributed by atoms with Gasteiger partial charge in [-0.15, -0.1) is 0 Å². The molecule has 0 saturated heterocycles. The van der Waals surface area contributed by atoms with Gasteiger partial charge in [0.2, 0.25) is 0 Å². The molecule has 0 N–H and O–H groups in total. The molecule has 1 heterocycles. The largest absolute Gasteiger partial charge is 0.493 e. The van der Waals surface area contributed by atoms with Gasteiger partial charge in [-0.2, -0.15) is 0 Å². The molecule has 1 fully saturated rings. The monoisotopic (exact) mass is 266 g/mol. The van der Waals surface area contributed by atoms with Crippen LogP contribution in [0.5, 0.6) is 11.5 Å². The highest BCUT2D eigenvalue weighted by molar-refractivity contribution is 5.48. The molecule has 2 aromatic rings. The first-order chi connectivity index (χ1) is 9.86. The highest BCUT2D eigenvalue weighted by atomic mass is 16.5. The summed E-state index contributed by atoms with van der Waals surface area (Å²) in [6, 6.07) is 16.6. The number of benzene rings is 2. The Morgan fingerprint density at radius 3 is 2.65 bits per heavy atom. The van der Waals surface area contributed by atoms with Crippen LogP contribution in [-0.4, -0.2) is 6.61 Å². The Labute approximate surface area is 119 Å². The molecule has 1 saturated carbocycles. The van der Waals surface area contributed by atoms with Gasteiger partial charge in [-0.3, -0.25) is 0 Å². The minimum Gasteiger partial charge on any atom is -0.493 e. The van der Waals surface area contributed by atoms with E-state index in [-0.39, 0.29) is 0 Å². The first-order valence-corrected chi connectivity index (χ1v) is 7.30. The third-order valence-electron chi connectivity index (χ3n) is 4.46. The van der Waals surface area contributed by atoms with Gasteiger partial charge in [0, 0.05) is 17.0 Å². The van der Waals surface area contributed by atoms with Crippen LogP contribution in [0.2, 0.25) is 0 Å². The van der Waals surface area contributed by atoms with E-state index in [1.165, 1.54) is 30.4 Å². The predicted octanol–water partition coefficient (Wildman–Crippen LogP) is 4.08. The molecule has 0 aromatic heterocycles. The van der Waals surface area contributed by atoms with Gasteiger partial charge in [0.05, 0.1) is 6.61 Å². The summed E-state index contributed by atoms with van der Waals surface area (Å²) < 4.78 is 11.7. The van der Waals surface area contributed by atoms with E-state index in [1.807, 2.05) is 18.2 Å². The van der Waals surface area contributed by atoms with E-state index in [0.29, 0.717) is 12.0 Å². The maximum Gasteiger partial charge on any atom is 0.126 e. The van der Waals surface area contributed by atoms with E-state index >= 15 is 0 Å². The van der Waals surface area contributed by atoms with Crippen molar-refractivity contribution >= 4 is 0 Å². The first kappa shape index (κ1) is 11.8. The molecule has 1 spiro atoms. The lowest BCUT2D eigenvalue weighted by atomic mass is 9.90. The van der Waals surface area contributed by atoms with Crippen LogP contribution in [0.15, 0.2) is 48.5 Å². The van der Waals surface area contributed by atoms with Crippen molar-refractivity contribution in [2.45, 2.75) is 31.3 Å². The molecule has 0 atom stereocenters. The molecule has 20 heavy (non-hydrogen) atoms. The Hall–Kier alpha value is -1.96. The summed E-state index contributed by atoms with van der Waals surface area (Å²) in [6.07, 6.45) is 3.80. The fourth-order valence-electron chi connectivity index (χ4n) is 3.05. The van der Waals surface area contributed by atoms with Gasteiger partial charge in [0.1, 0.15) is 18.1 Å². The molecule has 0 bridgehead atoms. The molecule has 1 aliphatic heterocycles. The van der Waals surface area contributed by atoms with Crippen LogP contribution in [0.4, 0.5) is 0 Å². The van der Waals surface area contributed by atoms with Crippen molar-refractivity contribution < 1.29 is 9.47 Å². The summed E-state index contributed by atoms with van der Waals surface area (Å²) >= 11 is 0. The van der Waals surface area contributed by atoms with Gasteiger partial charge >= 0.3 is 0 Å². The van der Waals surface area contributed by atoms with Crippen molar-refractivity contribution in [2.24, 2.45) is 0 Å². The van der Waals surface area contributed by atoms with Crippen molar-refractivity contribution in [1.29, 1.82) is 0 Å². The van der Waals surface area contributed by atoms with E-state index in [2.05, 4.69) is 30.3 Å². The molecule has 0 unspecified atom stereocenters. The summed E-state index contributed by atoms with van der Waals surface area (Å²) in [6.45, 7) is 1.44. The third kappa shape index (κ3) is 2.05. The second-order valence-corrected chi connectivity index (χ2v) is 5.81. The lowest BCUT2D eigenvalue weighted by molar-refractivity contribution is 0.255. The van der Waals surface area contributed by atoms with Crippen LogP contribution in [0.25, 0.3) is 0 Å². The minimum absolute atomic E-state index is 0.436. The van der Waals surface area contributed by atoms with Gasteiger partial charge in [-0.1, -0.05) is 36.4 Å². The van der Waals surface area contributed by atoms with E-state index < -0.39 is 0 Å². The molecule has 0 amide bonds. The third-order valence-corrected chi connectivity index (χ3v) is 4.46. The van der Waals surface area contributed by atoms with Crippen LogP contribution in [0.1, 0.15) is 30.4 Å². The van der Waals surface area contributed by atoms with Crippen molar-refractivity contribution in [3.05, 3.63) is 59.7 Å². The van der Waals surface area contributed by atoms with Crippen molar-refractivity contribution in [3.63, 3.8) is 0 Å². The number of rotatable bonds is 3. The van der Waals surface area contributed by atoms with Crippen LogP contribution < -0.4 is 9.47 Å². The zero-order valence-electron chi connectivity index (χ0n) is 11.5. The zero-order chi connectivity index (χ0) is 13.4. The second-order valence-electron chi connectivity index (χ2n) is 5.81. The normalized spacial score (nSPS) is 18.2. The first-order valence-electron chi connectivity index (χ1n) is 7.30. The lowest BCUT2D eigenvalue weighted by Gasteiger charge is -2.26. The molecule has 2 aliphatic rings. The standard InChI is InChI=1S/C18H18O2/c1-2-4-14(5-3-1)13-20-15-6-7-16-17(12-15)19-11-10-18(16)8-9-18/h1-7,12H,8-11,13H2. The summed E-state index contributed by atoms with van der Waals surface area (Å²) in [7, 11) is 0. The lowest BCUT2D eigenvalue weighted by Crippen LogP contribution is -2.19. The van der Waals surface area contributed by atoms with E-state index in [1.54, 1.807) is 0 Å². The molecule has 2 nitrogen and oxygen atoms in total. The van der Waals surface area contributed by atoms with E-state index in [0.717, 1.165) is 18.1 Å². The SMILES string of the molecule is c1ccc(COc2ccc3c(c2)OCCC32CC2)cc1. The van der Waals surface area contributed by atoms with Crippen molar-refractivity contribution in [3.8, 4) is 11.5 Å². The van der Waals surface area contributed by atoms with Crippen molar-refractivity contribution in [1.82, 2.24) is 0 Å². The Morgan fingerprint density at radius 2 is 1.85 bits per heavy atom. The van der Waals surface area contributed by atoms with E-state index in [9.17, 15) is 0 Å².